The molecule has 0 heterocycles. The van der Waals surface area contributed by atoms with Gasteiger partial charge < -0.3 is 10.1 Å². The summed E-state index contributed by atoms with van der Waals surface area (Å²) in [6.07, 6.45) is -4.72. The highest BCUT2D eigenvalue weighted by molar-refractivity contribution is 7.92. The van der Waals surface area contributed by atoms with Crippen molar-refractivity contribution in [1.82, 2.24) is 0 Å². The molecule has 0 aliphatic rings. The SMILES string of the molecule is CCOc1ccc(N(CC(=O)Nc2ccc(Cl)c(C(F)(F)F)c2)S(=O)(=O)c2ccccc2)cc1. The van der Waals surface area contributed by atoms with Gasteiger partial charge in [0.1, 0.15) is 12.3 Å². The molecule has 0 aliphatic heterocycles. The van der Waals surface area contributed by atoms with Crippen molar-refractivity contribution in [3.8, 4) is 5.75 Å². The van der Waals surface area contributed by atoms with E-state index in [1.54, 1.807) is 25.1 Å². The molecule has 34 heavy (non-hydrogen) atoms. The highest BCUT2D eigenvalue weighted by Crippen LogP contribution is 2.36. The molecule has 0 saturated heterocycles. The summed E-state index contributed by atoms with van der Waals surface area (Å²) in [7, 11) is -4.17. The molecule has 0 saturated carbocycles. The van der Waals surface area contributed by atoms with Crippen molar-refractivity contribution < 1.29 is 31.1 Å². The van der Waals surface area contributed by atoms with Crippen LogP contribution in [0.2, 0.25) is 5.02 Å². The fourth-order valence-corrected chi connectivity index (χ4v) is 4.73. The molecule has 3 aromatic carbocycles. The van der Waals surface area contributed by atoms with E-state index < -0.39 is 39.2 Å². The Labute approximate surface area is 200 Å². The van der Waals surface area contributed by atoms with Crippen LogP contribution in [0, 0.1) is 0 Å². The second-order valence-corrected chi connectivity index (χ2v) is 9.26. The first-order valence-electron chi connectivity index (χ1n) is 9.99. The molecule has 0 bridgehead atoms. The fraction of sp³-hybridized carbons (Fsp3) is 0.174. The van der Waals surface area contributed by atoms with Gasteiger partial charge in [-0.1, -0.05) is 29.8 Å². The Morgan fingerprint density at radius 2 is 1.68 bits per heavy atom. The van der Waals surface area contributed by atoms with Crippen molar-refractivity contribution in [3.63, 3.8) is 0 Å². The number of nitrogens with zero attached hydrogens (tertiary/aromatic N) is 1. The molecule has 0 aromatic heterocycles. The van der Waals surface area contributed by atoms with Gasteiger partial charge in [-0.05, 0) is 61.5 Å². The van der Waals surface area contributed by atoms with Crippen molar-refractivity contribution in [2.24, 2.45) is 0 Å². The standard InChI is InChI=1S/C23H20ClF3N2O4S/c1-2-33-18-11-9-17(10-12-18)29(34(31,32)19-6-4-3-5-7-19)15-22(30)28-16-8-13-21(24)20(14-16)23(25,26)27/h3-14H,2,15H2,1H3,(H,28,30). The molecule has 1 N–H and O–H groups in total. The number of halogens is 4. The van der Waals surface area contributed by atoms with Crippen LogP contribution in [0.1, 0.15) is 12.5 Å². The van der Waals surface area contributed by atoms with E-state index in [0.29, 0.717) is 18.4 Å². The van der Waals surface area contributed by atoms with E-state index in [2.05, 4.69) is 5.32 Å². The average Bonchev–Trinajstić information content (AvgIpc) is 2.79. The Morgan fingerprint density at radius 3 is 2.26 bits per heavy atom. The van der Waals surface area contributed by atoms with Gasteiger partial charge in [0.2, 0.25) is 5.91 Å². The van der Waals surface area contributed by atoms with Crippen LogP contribution in [0.15, 0.2) is 77.7 Å². The zero-order chi connectivity index (χ0) is 24.9. The van der Waals surface area contributed by atoms with E-state index in [1.807, 2.05) is 0 Å². The first-order chi connectivity index (χ1) is 16.0. The Bertz CT molecular complexity index is 1250. The molecule has 3 rings (SSSR count). The summed E-state index contributed by atoms with van der Waals surface area (Å²) >= 11 is 5.61. The summed E-state index contributed by atoms with van der Waals surface area (Å²) in [4.78, 5) is 12.7. The number of carbonyl (C=O) groups is 1. The smallest absolute Gasteiger partial charge is 0.417 e. The van der Waals surface area contributed by atoms with Crippen LogP contribution < -0.4 is 14.4 Å². The first kappa shape index (κ1) is 25.4. The number of carbonyl (C=O) groups excluding carboxylic acids is 1. The number of benzene rings is 3. The van der Waals surface area contributed by atoms with E-state index in [9.17, 15) is 26.4 Å². The van der Waals surface area contributed by atoms with Crippen molar-refractivity contribution in [1.29, 1.82) is 0 Å². The minimum Gasteiger partial charge on any atom is -0.494 e. The summed E-state index contributed by atoms with van der Waals surface area (Å²) in [5.74, 6) is -0.336. The summed E-state index contributed by atoms with van der Waals surface area (Å²) < 4.78 is 72.3. The van der Waals surface area contributed by atoms with Crippen LogP contribution in [0.5, 0.6) is 5.75 Å². The zero-order valence-corrected chi connectivity index (χ0v) is 19.4. The van der Waals surface area contributed by atoms with Gasteiger partial charge in [0.15, 0.2) is 0 Å². The highest BCUT2D eigenvalue weighted by Gasteiger charge is 2.33. The number of ether oxygens (including phenoxy) is 1. The fourth-order valence-electron chi connectivity index (χ4n) is 3.06. The van der Waals surface area contributed by atoms with Gasteiger partial charge in [-0.2, -0.15) is 13.2 Å². The molecule has 11 heteroatoms. The van der Waals surface area contributed by atoms with Crippen molar-refractivity contribution >= 4 is 38.9 Å². The van der Waals surface area contributed by atoms with Crippen molar-refractivity contribution in [3.05, 3.63) is 83.4 Å². The largest absolute Gasteiger partial charge is 0.494 e. The van der Waals surface area contributed by atoms with E-state index in [0.717, 1.165) is 10.4 Å². The predicted molar refractivity (Wildman–Crippen MR) is 124 cm³/mol. The molecule has 0 aliphatic carbocycles. The Balaban J connectivity index is 1.92. The van der Waals surface area contributed by atoms with Gasteiger partial charge in [0.25, 0.3) is 10.0 Å². The summed E-state index contributed by atoms with van der Waals surface area (Å²) in [6, 6.07) is 16.4. The van der Waals surface area contributed by atoms with Crippen molar-refractivity contribution in [2.75, 3.05) is 22.8 Å². The van der Waals surface area contributed by atoms with Crippen LogP contribution in [-0.2, 0) is 21.0 Å². The summed E-state index contributed by atoms with van der Waals surface area (Å²) in [5.41, 5.74) is -1.12. The minimum absolute atomic E-state index is 0.0532. The van der Waals surface area contributed by atoms with Crippen molar-refractivity contribution in [2.45, 2.75) is 18.0 Å². The lowest BCUT2D eigenvalue weighted by Crippen LogP contribution is -2.38. The monoisotopic (exact) mass is 512 g/mol. The van der Waals surface area contributed by atoms with E-state index in [4.69, 9.17) is 16.3 Å². The van der Waals surface area contributed by atoms with Crippen LogP contribution in [0.3, 0.4) is 0 Å². The summed E-state index contributed by atoms with van der Waals surface area (Å²) in [6.45, 7) is 1.52. The van der Waals surface area contributed by atoms with E-state index >= 15 is 0 Å². The summed E-state index contributed by atoms with van der Waals surface area (Å²) in [5, 5.41) is 1.79. The maximum atomic E-state index is 13.3. The lowest BCUT2D eigenvalue weighted by atomic mass is 10.2. The van der Waals surface area contributed by atoms with Gasteiger partial charge in [-0.15, -0.1) is 0 Å². The lowest BCUT2D eigenvalue weighted by molar-refractivity contribution is -0.137. The Hall–Kier alpha value is -3.24. The molecule has 0 atom stereocenters. The van der Waals surface area contributed by atoms with Crippen LogP contribution in [-0.4, -0.2) is 27.5 Å². The number of alkyl halides is 3. The van der Waals surface area contributed by atoms with Gasteiger partial charge >= 0.3 is 6.18 Å². The van der Waals surface area contributed by atoms with E-state index in [-0.39, 0.29) is 16.3 Å². The predicted octanol–water partition coefficient (Wildman–Crippen LogP) is 5.59. The number of hydrogen-bond acceptors (Lipinski definition) is 4. The van der Waals surface area contributed by atoms with Crippen LogP contribution in [0.4, 0.5) is 24.5 Å². The topological polar surface area (TPSA) is 75.7 Å². The number of rotatable bonds is 8. The number of nitrogens with one attached hydrogen (secondary N) is 1. The van der Waals surface area contributed by atoms with Gasteiger partial charge in [-0.25, -0.2) is 8.42 Å². The normalized spacial score (nSPS) is 11.7. The molecule has 0 unspecified atom stereocenters. The number of sulfonamides is 1. The molecule has 0 spiro atoms. The quantitative estimate of drug-likeness (QED) is 0.427. The molecule has 180 valence electrons. The van der Waals surface area contributed by atoms with Gasteiger partial charge in [0.05, 0.1) is 27.8 Å². The number of amides is 1. The molecule has 3 aromatic rings. The second kappa shape index (κ2) is 10.4. The third-order valence-electron chi connectivity index (χ3n) is 4.61. The van der Waals surface area contributed by atoms with Gasteiger partial charge in [0, 0.05) is 5.69 Å². The Kier molecular flexibility index (Phi) is 7.73. The molecule has 0 radical (unpaired) electrons. The maximum absolute atomic E-state index is 13.3. The third-order valence-corrected chi connectivity index (χ3v) is 6.73. The molecule has 0 fully saturated rings. The molecule has 1 amide bonds. The van der Waals surface area contributed by atoms with E-state index in [1.165, 1.54) is 42.5 Å². The number of hydrogen-bond donors (Lipinski definition) is 1. The third kappa shape index (κ3) is 6.00. The van der Waals surface area contributed by atoms with Crippen LogP contribution >= 0.6 is 11.6 Å². The lowest BCUT2D eigenvalue weighted by Gasteiger charge is -2.24. The zero-order valence-electron chi connectivity index (χ0n) is 17.8. The molecular weight excluding hydrogens is 493 g/mol. The number of anilines is 2. The first-order valence-corrected chi connectivity index (χ1v) is 11.8. The second-order valence-electron chi connectivity index (χ2n) is 6.99. The van der Waals surface area contributed by atoms with Gasteiger partial charge in [-0.3, -0.25) is 9.10 Å². The highest BCUT2D eigenvalue weighted by atomic mass is 35.5. The molecule has 6 nitrogen and oxygen atoms in total. The van der Waals surface area contributed by atoms with Crippen LogP contribution in [0.25, 0.3) is 0 Å². The average molecular weight is 513 g/mol. The maximum Gasteiger partial charge on any atom is 0.417 e. The molecular formula is C23H20ClF3N2O4S. The Morgan fingerprint density at radius 1 is 1.03 bits per heavy atom. The minimum atomic E-state index is -4.72.